The Kier molecular flexibility index (Phi) is 5.13. The molecule has 0 spiro atoms. The van der Waals surface area contributed by atoms with Crippen LogP contribution in [0, 0.1) is 0 Å². The molecule has 0 saturated heterocycles. The molecule has 24 heavy (non-hydrogen) atoms. The number of benzene rings is 2. The number of nitrogens with zero attached hydrogens (tertiary/aromatic N) is 1. The van der Waals surface area contributed by atoms with E-state index in [0.29, 0.717) is 22.3 Å². The second-order valence-corrected chi connectivity index (χ2v) is 6.25. The molecule has 0 unspecified atom stereocenters. The topological polar surface area (TPSA) is 51.2 Å². The molecule has 0 bridgehead atoms. The van der Waals surface area contributed by atoms with Gasteiger partial charge in [0, 0.05) is 21.5 Å². The van der Waals surface area contributed by atoms with Gasteiger partial charge in [0.2, 0.25) is 0 Å². The van der Waals surface area contributed by atoms with Gasteiger partial charge in [0.1, 0.15) is 5.75 Å². The highest BCUT2D eigenvalue weighted by Gasteiger charge is 2.10. The van der Waals surface area contributed by atoms with Gasteiger partial charge in [-0.3, -0.25) is 10.1 Å². The fraction of sp³-hybridized carbons (Fsp3) is 0.111. The molecule has 0 saturated carbocycles. The number of aromatic nitrogens is 1. The maximum absolute atomic E-state index is 12.3. The third kappa shape index (κ3) is 3.93. The maximum atomic E-state index is 12.3. The lowest BCUT2D eigenvalue weighted by Crippen LogP contribution is -2.11. The van der Waals surface area contributed by atoms with Crippen LogP contribution in [0.5, 0.6) is 5.75 Å². The molecule has 122 valence electrons. The Balaban J connectivity index is 1.69. The second-order valence-electron chi connectivity index (χ2n) is 4.96. The normalized spacial score (nSPS) is 10.4. The molecule has 3 aromatic rings. The van der Waals surface area contributed by atoms with Gasteiger partial charge in [0.15, 0.2) is 5.13 Å². The van der Waals surface area contributed by atoms with E-state index in [4.69, 9.17) is 16.3 Å². The summed E-state index contributed by atoms with van der Waals surface area (Å²) >= 11 is 7.27. The van der Waals surface area contributed by atoms with E-state index in [2.05, 4.69) is 10.3 Å². The van der Waals surface area contributed by atoms with E-state index in [9.17, 15) is 4.79 Å². The van der Waals surface area contributed by atoms with Crippen LogP contribution in [-0.4, -0.2) is 17.5 Å². The molecule has 6 heteroatoms. The number of nitrogens with one attached hydrogen (secondary N) is 1. The van der Waals surface area contributed by atoms with Gasteiger partial charge in [-0.1, -0.05) is 23.7 Å². The number of thiazole rings is 1. The zero-order valence-corrected chi connectivity index (χ0v) is 14.5. The zero-order chi connectivity index (χ0) is 16.9. The lowest BCUT2D eigenvalue weighted by atomic mass is 10.2. The Morgan fingerprint density at radius 1 is 1.17 bits per heavy atom. The van der Waals surface area contributed by atoms with Gasteiger partial charge in [-0.2, -0.15) is 0 Å². The predicted octanol–water partition coefficient (Wildman–Crippen LogP) is 5.11. The Morgan fingerprint density at radius 2 is 1.88 bits per heavy atom. The number of hydrogen-bond donors (Lipinski definition) is 1. The SMILES string of the molecule is CCOc1ccc(C(=O)Nc2nc(-c3ccc(Cl)cc3)cs2)cc1. The van der Waals surface area contributed by atoms with Crippen molar-refractivity contribution < 1.29 is 9.53 Å². The molecule has 4 nitrogen and oxygen atoms in total. The molecule has 0 aliphatic heterocycles. The van der Waals surface area contributed by atoms with E-state index in [1.807, 2.05) is 36.6 Å². The molecule has 0 atom stereocenters. The molecule has 1 amide bonds. The summed E-state index contributed by atoms with van der Waals surface area (Å²) in [6.07, 6.45) is 0. The lowest BCUT2D eigenvalue weighted by Gasteiger charge is -2.04. The minimum absolute atomic E-state index is 0.199. The van der Waals surface area contributed by atoms with Gasteiger partial charge in [-0.15, -0.1) is 11.3 Å². The number of halogens is 1. The average molecular weight is 359 g/mol. The first-order chi connectivity index (χ1) is 11.7. The number of carbonyl (C=O) groups is 1. The molecule has 2 aromatic carbocycles. The highest BCUT2D eigenvalue weighted by molar-refractivity contribution is 7.14. The van der Waals surface area contributed by atoms with Crippen molar-refractivity contribution in [1.29, 1.82) is 0 Å². The summed E-state index contributed by atoms with van der Waals surface area (Å²) < 4.78 is 5.37. The van der Waals surface area contributed by atoms with Crippen LogP contribution in [0.2, 0.25) is 5.02 Å². The van der Waals surface area contributed by atoms with Crippen molar-refractivity contribution in [3.05, 3.63) is 64.5 Å². The summed E-state index contributed by atoms with van der Waals surface area (Å²) in [5.74, 6) is 0.545. The highest BCUT2D eigenvalue weighted by atomic mass is 35.5. The molecule has 1 aromatic heterocycles. The second kappa shape index (κ2) is 7.47. The summed E-state index contributed by atoms with van der Waals surface area (Å²) in [5, 5.41) is 5.95. The van der Waals surface area contributed by atoms with Gasteiger partial charge in [-0.05, 0) is 43.3 Å². The van der Waals surface area contributed by atoms with E-state index in [0.717, 1.165) is 17.0 Å². The number of anilines is 1. The van der Waals surface area contributed by atoms with E-state index >= 15 is 0 Å². The fourth-order valence-corrected chi connectivity index (χ4v) is 2.96. The highest BCUT2D eigenvalue weighted by Crippen LogP contribution is 2.26. The monoisotopic (exact) mass is 358 g/mol. The first kappa shape index (κ1) is 16.5. The largest absolute Gasteiger partial charge is 0.494 e. The number of rotatable bonds is 5. The van der Waals surface area contributed by atoms with Crippen molar-refractivity contribution in [2.45, 2.75) is 6.92 Å². The van der Waals surface area contributed by atoms with E-state index < -0.39 is 0 Å². The molecule has 0 radical (unpaired) electrons. The van der Waals surface area contributed by atoms with Crippen LogP contribution >= 0.6 is 22.9 Å². The van der Waals surface area contributed by atoms with Gasteiger partial charge in [0.05, 0.1) is 12.3 Å². The van der Waals surface area contributed by atoms with Crippen molar-refractivity contribution in [1.82, 2.24) is 4.98 Å². The first-order valence-corrected chi connectivity index (χ1v) is 8.67. The van der Waals surface area contributed by atoms with Crippen molar-refractivity contribution >= 4 is 34.0 Å². The molecule has 0 aliphatic carbocycles. The molecular formula is C18H15ClN2O2S. The average Bonchev–Trinajstić information content (AvgIpc) is 3.05. The molecule has 1 heterocycles. The van der Waals surface area contributed by atoms with Crippen LogP contribution < -0.4 is 10.1 Å². The predicted molar refractivity (Wildman–Crippen MR) is 98.1 cm³/mol. The van der Waals surface area contributed by atoms with Crippen LogP contribution in [0.15, 0.2) is 53.9 Å². The number of hydrogen-bond acceptors (Lipinski definition) is 4. The Labute approximate surface area is 149 Å². The zero-order valence-electron chi connectivity index (χ0n) is 13.0. The quantitative estimate of drug-likeness (QED) is 0.689. The minimum Gasteiger partial charge on any atom is -0.494 e. The molecule has 0 fully saturated rings. The van der Waals surface area contributed by atoms with Crippen LogP contribution in [0.4, 0.5) is 5.13 Å². The Morgan fingerprint density at radius 3 is 2.54 bits per heavy atom. The number of ether oxygens (including phenoxy) is 1. The van der Waals surface area contributed by atoms with Crippen LogP contribution in [0.25, 0.3) is 11.3 Å². The van der Waals surface area contributed by atoms with Gasteiger partial charge in [0.25, 0.3) is 5.91 Å². The molecular weight excluding hydrogens is 344 g/mol. The van der Waals surface area contributed by atoms with Crippen LogP contribution in [0.1, 0.15) is 17.3 Å². The van der Waals surface area contributed by atoms with Gasteiger partial charge in [-0.25, -0.2) is 4.98 Å². The molecule has 0 aliphatic rings. The standard InChI is InChI=1S/C18H15ClN2O2S/c1-2-23-15-9-5-13(6-10-15)17(22)21-18-20-16(11-24-18)12-3-7-14(19)8-4-12/h3-11H,2H2,1H3,(H,20,21,22). The van der Waals surface area contributed by atoms with Crippen LogP contribution in [0.3, 0.4) is 0 Å². The van der Waals surface area contributed by atoms with Crippen molar-refractivity contribution in [2.75, 3.05) is 11.9 Å². The van der Waals surface area contributed by atoms with Gasteiger partial charge >= 0.3 is 0 Å². The van der Waals surface area contributed by atoms with Crippen molar-refractivity contribution in [3.8, 4) is 17.0 Å². The lowest BCUT2D eigenvalue weighted by molar-refractivity contribution is 0.102. The number of amides is 1. The molecule has 3 rings (SSSR count). The van der Waals surface area contributed by atoms with Crippen molar-refractivity contribution in [3.63, 3.8) is 0 Å². The summed E-state index contributed by atoms with van der Waals surface area (Å²) in [4.78, 5) is 16.7. The summed E-state index contributed by atoms with van der Waals surface area (Å²) in [6.45, 7) is 2.51. The van der Waals surface area contributed by atoms with Crippen molar-refractivity contribution in [2.24, 2.45) is 0 Å². The van der Waals surface area contributed by atoms with E-state index in [-0.39, 0.29) is 5.91 Å². The van der Waals surface area contributed by atoms with Crippen LogP contribution in [-0.2, 0) is 0 Å². The molecule has 1 N–H and O–H groups in total. The smallest absolute Gasteiger partial charge is 0.257 e. The van der Waals surface area contributed by atoms with E-state index in [1.54, 1.807) is 24.3 Å². The fourth-order valence-electron chi connectivity index (χ4n) is 2.12. The summed E-state index contributed by atoms with van der Waals surface area (Å²) in [6, 6.07) is 14.4. The summed E-state index contributed by atoms with van der Waals surface area (Å²) in [5.41, 5.74) is 2.32. The third-order valence-corrected chi connectivity index (χ3v) is 4.30. The minimum atomic E-state index is -0.199. The Hall–Kier alpha value is -2.37. The van der Waals surface area contributed by atoms with E-state index in [1.165, 1.54) is 11.3 Å². The first-order valence-electron chi connectivity index (χ1n) is 7.41. The Bertz CT molecular complexity index is 829. The van der Waals surface area contributed by atoms with Gasteiger partial charge < -0.3 is 4.74 Å². The maximum Gasteiger partial charge on any atom is 0.257 e. The third-order valence-electron chi connectivity index (χ3n) is 3.29. The number of carbonyl (C=O) groups excluding carboxylic acids is 1. The summed E-state index contributed by atoms with van der Waals surface area (Å²) in [7, 11) is 0.